The van der Waals surface area contributed by atoms with Crippen LogP contribution in [0.15, 0.2) is 41.9 Å². The van der Waals surface area contributed by atoms with Crippen LogP contribution < -0.4 is 11.1 Å². The van der Waals surface area contributed by atoms with Crippen molar-refractivity contribution < 1.29 is 0 Å². The van der Waals surface area contributed by atoms with Crippen LogP contribution >= 0.6 is 11.3 Å². The number of anilines is 3. The average Bonchev–Trinajstić information content (AvgIpc) is 2.88. The standard InChI is InChI=1S/C14H10N4S/c15-7-9-5-10(16)1-3-12(9)18-11-2-4-13-14(6-11)19-8-17-13/h1-6,8,18H,16H2. The van der Waals surface area contributed by atoms with Gasteiger partial charge in [-0.2, -0.15) is 5.26 Å². The van der Waals surface area contributed by atoms with Gasteiger partial charge in [0, 0.05) is 11.4 Å². The molecule has 1 aromatic heterocycles. The van der Waals surface area contributed by atoms with E-state index in [4.69, 9.17) is 11.0 Å². The maximum absolute atomic E-state index is 9.11. The molecule has 0 amide bonds. The summed E-state index contributed by atoms with van der Waals surface area (Å²) < 4.78 is 1.11. The summed E-state index contributed by atoms with van der Waals surface area (Å²) in [7, 11) is 0. The number of nitrogen functional groups attached to an aromatic ring is 1. The van der Waals surface area contributed by atoms with Gasteiger partial charge in [0.15, 0.2) is 0 Å². The van der Waals surface area contributed by atoms with Crippen LogP contribution in [0.25, 0.3) is 10.2 Å². The second-order valence-electron chi connectivity index (χ2n) is 4.08. The molecule has 3 N–H and O–H groups in total. The van der Waals surface area contributed by atoms with Gasteiger partial charge in [0.2, 0.25) is 0 Å². The molecule has 4 nitrogen and oxygen atoms in total. The topological polar surface area (TPSA) is 74.7 Å². The first-order chi connectivity index (χ1) is 9.26. The number of nitrogens with one attached hydrogen (secondary N) is 1. The highest BCUT2D eigenvalue weighted by Gasteiger charge is 2.04. The first-order valence-electron chi connectivity index (χ1n) is 5.66. The zero-order valence-electron chi connectivity index (χ0n) is 9.92. The van der Waals surface area contributed by atoms with Crippen LogP contribution in [-0.2, 0) is 0 Å². The second-order valence-corrected chi connectivity index (χ2v) is 4.96. The fraction of sp³-hybridized carbons (Fsp3) is 0. The molecule has 92 valence electrons. The second kappa shape index (κ2) is 4.59. The van der Waals surface area contributed by atoms with E-state index in [-0.39, 0.29) is 0 Å². The molecular formula is C14H10N4S. The highest BCUT2D eigenvalue weighted by Crippen LogP contribution is 2.26. The lowest BCUT2D eigenvalue weighted by Crippen LogP contribution is -1.95. The highest BCUT2D eigenvalue weighted by atomic mass is 32.1. The minimum Gasteiger partial charge on any atom is -0.399 e. The van der Waals surface area contributed by atoms with Crippen molar-refractivity contribution in [3.05, 3.63) is 47.5 Å². The van der Waals surface area contributed by atoms with Crippen molar-refractivity contribution in [2.75, 3.05) is 11.1 Å². The Labute approximate surface area is 114 Å². The van der Waals surface area contributed by atoms with Crippen LogP contribution in [0.5, 0.6) is 0 Å². The lowest BCUT2D eigenvalue weighted by atomic mass is 10.1. The Kier molecular flexibility index (Phi) is 2.78. The van der Waals surface area contributed by atoms with E-state index in [9.17, 15) is 0 Å². The van der Waals surface area contributed by atoms with Crippen LogP contribution in [0.2, 0.25) is 0 Å². The van der Waals surface area contributed by atoms with Crippen LogP contribution in [0.1, 0.15) is 5.56 Å². The fourth-order valence-corrected chi connectivity index (χ4v) is 2.57. The molecule has 0 unspecified atom stereocenters. The molecule has 3 rings (SSSR count). The summed E-state index contributed by atoms with van der Waals surface area (Å²) in [5.74, 6) is 0. The predicted molar refractivity (Wildman–Crippen MR) is 78.5 cm³/mol. The van der Waals surface area contributed by atoms with Crippen LogP contribution in [0, 0.1) is 11.3 Å². The smallest absolute Gasteiger partial charge is 0.101 e. The minimum absolute atomic E-state index is 0.532. The Morgan fingerprint density at radius 1 is 1.21 bits per heavy atom. The van der Waals surface area contributed by atoms with Gasteiger partial charge in [-0.05, 0) is 36.4 Å². The van der Waals surface area contributed by atoms with Gasteiger partial charge in [0.25, 0.3) is 0 Å². The lowest BCUT2D eigenvalue weighted by molar-refractivity contribution is 1.46. The summed E-state index contributed by atoms with van der Waals surface area (Å²) in [6.07, 6.45) is 0. The first kappa shape index (κ1) is 11.5. The third-order valence-electron chi connectivity index (χ3n) is 2.77. The van der Waals surface area contributed by atoms with Gasteiger partial charge >= 0.3 is 0 Å². The summed E-state index contributed by atoms with van der Waals surface area (Å²) in [5, 5.41) is 12.3. The molecule has 0 spiro atoms. The van der Waals surface area contributed by atoms with Crippen molar-refractivity contribution in [3.63, 3.8) is 0 Å². The van der Waals surface area contributed by atoms with E-state index in [0.29, 0.717) is 11.3 Å². The number of nitrogens with zero attached hydrogens (tertiary/aromatic N) is 2. The molecular weight excluding hydrogens is 256 g/mol. The van der Waals surface area contributed by atoms with E-state index in [1.165, 1.54) is 0 Å². The molecule has 0 aliphatic heterocycles. The number of fused-ring (bicyclic) bond motifs is 1. The Balaban J connectivity index is 1.98. The van der Waals surface area contributed by atoms with Crippen LogP contribution in [0.4, 0.5) is 17.1 Å². The van der Waals surface area contributed by atoms with E-state index in [1.54, 1.807) is 23.5 Å². The Morgan fingerprint density at radius 3 is 2.95 bits per heavy atom. The molecule has 0 bridgehead atoms. The van der Waals surface area contributed by atoms with Gasteiger partial charge in [0.1, 0.15) is 6.07 Å². The van der Waals surface area contributed by atoms with Crippen molar-refractivity contribution in [2.24, 2.45) is 0 Å². The van der Waals surface area contributed by atoms with Gasteiger partial charge in [-0.15, -0.1) is 11.3 Å². The van der Waals surface area contributed by atoms with E-state index in [2.05, 4.69) is 16.4 Å². The van der Waals surface area contributed by atoms with Gasteiger partial charge in [-0.1, -0.05) is 0 Å². The largest absolute Gasteiger partial charge is 0.399 e. The zero-order valence-corrected chi connectivity index (χ0v) is 10.7. The molecule has 19 heavy (non-hydrogen) atoms. The van der Waals surface area contributed by atoms with E-state index < -0.39 is 0 Å². The summed E-state index contributed by atoms with van der Waals surface area (Å²) in [4.78, 5) is 4.23. The Morgan fingerprint density at radius 2 is 2.11 bits per heavy atom. The summed E-state index contributed by atoms with van der Waals surface area (Å²) in [6, 6.07) is 13.3. The molecule has 0 atom stereocenters. The van der Waals surface area contributed by atoms with Crippen molar-refractivity contribution in [3.8, 4) is 6.07 Å². The molecule has 0 radical (unpaired) electrons. The Bertz CT molecular complexity index is 785. The molecule has 0 aliphatic rings. The lowest BCUT2D eigenvalue weighted by Gasteiger charge is -2.08. The van der Waals surface area contributed by atoms with Gasteiger partial charge < -0.3 is 11.1 Å². The van der Waals surface area contributed by atoms with Crippen molar-refractivity contribution in [1.29, 1.82) is 5.26 Å². The molecule has 3 aromatic rings. The number of hydrogen-bond donors (Lipinski definition) is 2. The average molecular weight is 266 g/mol. The third kappa shape index (κ3) is 2.21. The van der Waals surface area contributed by atoms with E-state index >= 15 is 0 Å². The molecule has 1 heterocycles. The van der Waals surface area contributed by atoms with Crippen LogP contribution in [0.3, 0.4) is 0 Å². The number of aromatic nitrogens is 1. The third-order valence-corrected chi connectivity index (χ3v) is 3.57. The summed E-state index contributed by atoms with van der Waals surface area (Å²) in [6.45, 7) is 0. The number of rotatable bonds is 2. The van der Waals surface area contributed by atoms with E-state index in [0.717, 1.165) is 21.6 Å². The number of thiazole rings is 1. The molecule has 0 fully saturated rings. The summed E-state index contributed by atoms with van der Waals surface area (Å²) in [5.41, 5.74) is 11.3. The fourth-order valence-electron chi connectivity index (χ4n) is 1.85. The molecule has 2 aromatic carbocycles. The predicted octanol–water partition coefficient (Wildman–Crippen LogP) is 3.49. The SMILES string of the molecule is N#Cc1cc(N)ccc1Nc1ccc2ncsc2c1. The Hall–Kier alpha value is -2.58. The van der Waals surface area contributed by atoms with Crippen molar-refractivity contribution in [1.82, 2.24) is 4.98 Å². The zero-order chi connectivity index (χ0) is 13.2. The molecule has 0 saturated carbocycles. The number of hydrogen-bond acceptors (Lipinski definition) is 5. The van der Waals surface area contributed by atoms with Crippen molar-refractivity contribution >= 4 is 38.6 Å². The maximum atomic E-state index is 9.11. The van der Waals surface area contributed by atoms with Gasteiger partial charge in [-0.25, -0.2) is 4.98 Å². The van der Waals surface area contributed by atoms with Crippen LogP contribution in [-0.4, -0.2) is 4.98 Å². The number of nitriles is 1. The van der Waals surface area contributed by atoms with Gasteiger partial charge in [-0.3, -0.25) is 0 Å². The van der Waals surface area contributed by atoms with Gasteiger partial charge in [0.05, 0.1) is 27.0 Å². The first-order valence-corrected chi connectivity index (χ1v) is 6.54. The summed E-state index contributed by atoms with van der Waals surface area (Å²) >= 11 is 1.59. The monoisotopic (exact) mass is 266 g/mol. The van der Waals surface area contributed by atoms with Crippen molar-refractivity contribution in [2.45, 2.75) is 0 Å². The maximum Gasteiger partial charge on any atom is 0.101 e. The molecule has 0 saturated heterocycles. The quantitative estimate of drug-likeness (QED) is 0.696. The normalized spacial score (nSPS) is 10.3. The number of benzene rings is 2. The molecule has 0 aliphatic carbocycles. The minimum atomic E-state index is 0.532. The highest BCUT2D eigenvalue weighted by molar-refractivity contribution is 7.16. The number of nitrogens with two attached hydrogens (primary N) is 1. The van der Waals surface area contributed by atoms with E-state index in [1.807, 2.05) is 29.8 Å². The molecule has 5 heteroatoms.